The molecular weight excluding hydrogens is 582 g/mol. The summed E-state index contributed by atoms with van der Waals surface area (Å²) in [5, 5.41) is 11.4. The molecule has 45 heavy (non-hydrogen) atoms. The summed E-state index contributed by atoms with van der Waals surface area (Å²) < 4.78 is 29.7. The van der Waals surface area contributed by atoms with Crippen molar-refractivity contribution in [2.24, 2.45) is 0 Å². The fraction of sp³-hybridized carbons (Fsp3) is 0.344. The predicted molar refractivity (Wildman–Crippen MR) is 162 cm³/mol. The minimum atomic E-state index is -1.32. The average molecular weight is 616 g/mol. The van der Waals surface area contributed by atoms with Crippen LogP contribution in [0.15, 0.2) is 54.6 Å². The van der Waals surface area contributed by atoms with Gasteiger partial charge in [0, 0.05) is 30.3 Å². The number of carbonyl (C=O) groups excluding carboxylic acids is 3. The minimum absolute atomic E-state index is 0.0516. The monoisotopic (exact) mass is 615 g/mol. The van der Waals surface area contributed by atoms with Crippen molar-refractivity contribution in [3.63, 3.8) is 0 Å². The number of rotatable bonds is 11. The number of para-hydroxylation sites is 2. The van der Waals surface area contributed by atoms with E-state index < -0.39 is 17.9 Å². The normalized spacial score (nSPS) is 15.9. The Hall–Kier alpha value is -5.17. The van der Waals surface area contributed by atoms with Crippen molar-refractivity contribution in [3.8, 4) is 23.0 Å². The standard InChI is InChI=1S/C32H33N5O8/c1-19(38)22-14-27-28(45-18-44-27)15-25(22)37(29(39)17-36-24-11-5-4-10-23(24)34-35-36)30(32(40)33-16-20-8-7-13-43-20)21-9-6-12-26(41-2)31(21)42-3/h4-6,9-12,14-15,20,30H,7-8,13,16-18H2,1-3H3,(H,33,40). The minimum Gasteiger partial charge on any atom is -0.493 e. The van der Waals surface area contributed by atoms with Crippen molar-refractivity contribution in [2.75, 3.05) is 39.1 Å². The SMILES string of the molecule is COc1cccc(C(C(=O)NCC2CCCO2)N(C(=O)Cn2nnc3ccccc32)c2cc3c(cc2C(C)=O)OCO3)c1OC. The van der Waals surface area contributed by atoms with E-state index in [9.17, 15) is 14.4 Å². The smallest absolute Gasteiger partial charge is 0.249 e. The molecule has 2 amide bonds. The maximum Gasteiger partial charge on any atom is 0.249 e. The zero-order valence-electron chi connectivity index (χ0n) is 25.1. The van der Waals surface area contributed by atoms with E-state index in [1.807, 2.05) is 12.1 Å². The van der Waals surface area contributed by atoms with E-state index in [1.165, 1.54) is 36.8 Å². The number of methoxy groups -OCH3 is 2. The molecule has 2 unspecified atom stereocenters. The van der Waals surface area contributed by atoms with Gasteiger partial charge in [-0.2, -0.15) is 0 Å². The molecule has 0 saturated carbocycles. The Bertz CT molecular complexity index is 1750. The van der Waals surface area contributed by atoms with E-state index in [1.54, 1.807) is 36.4 Å². The Morgan fingerprint density at radius 2 is 1.87 bits per heavy atom. The van der Waals surface area contributed by atoms with E-state index in [-0.39, 0.29) is 48.8 Å². The largest absolute Gasteiger partial charge is 0.493 e. The third kappa shape index (κ3) is 5.86. The van der Waals surface area contributed by atoms with E-state index in [4.69, 9.17) is 23.7 Å². The van der Waals surface area contributed by atoms with Crippen molar-refractivity contribution in [3.05, 3.63) is 65.7 Å². The summed E-state index contributed by atoms with van der Waals surface area (Å²) in [6, 6.07) is 14.1. The van der Waals surface area contributed by atoms with Gasteiger partial charge in [-0.25, -0.2) is 4.68 Å². The molecule has 0 bridgehead atoms. The Morgan fingerprint density at radius 1 is 1.07 bits per heavy atom. The maximum absolute atomic E-state index is 14.6. The van der Waals surface area contributed by atoms with Crippen LogP contribution in [-0.4, -0.2) is 72.9 Å². The first-order chi connectivity index (χ1) is 21.9. The molecular formula is C32H33N5O8. The second kappa shape index (κ2) is 12.8. The maximum atomic E-state index is 14.6. The average Bonchev–Trinajstić information content (AvgIpc) is 3.83. The highest BCUT2D eigenvalue weighted by molar-refractivity contribution is 6.09. The highest BCUT2D eigenvalue weighted by atomic mass is 16.7. The van der Waals surface area contributed by atoms with E-state index in [0.717, 1.165) is 12.8 Å². The van der Waals surface area contributed by atoms with Gasteiger partial charge in [0.2, 0.25) is 18.6 Å². The summed E-state index contributed by atoms with van der Waals surface area (Å²) in [5.41, 5.74) is 1.88. The third-order valence-electron chi connectivity index (χ3n) is 7.87. The molecule has 1 N–H and O–H groups in total. The Balaban J connectivity index is 1.53. The van der Waals surface area contributed by atoms with Crippen molar-refractivity contribution in [1.29, 1.82) is 0 Å². The third-order valence-corrected chi connectivity index (χ3v) is 7.87. The number of carbonyl (C=O) groups is 3. The van der Waals surface area contributed by atoms with E-state index >= 15 is 0 Å². The van der Waals surface area contributed by atoms with Crippen LogP contribution in [-0.2, 0) is 20.9 Å². The van der Waals surface area contributed by atoms with Gasteiger partial charge in [0.25, 0.3) is 0 Å². The second-order valence-corrected chi connectivity index (χ2v) is 10.6. The lowest BCUT2D eigenvalue weighted by atomic mass is 9.98. The van der Waals surface area contributed by atoms with Gasteiger partial charge in [-0.05, 0) is 44.0 Å². The van der Waals surface area contributed by atoms with Crippen LogP contribution in [0.4, 0.5) is 5.69 Å². The molecule has 1 aromatic heterocycles. The van der Waals surface area contributed by atoms with Crippen LogP contribution >= 0.6 is 0 Å². The number of nitrogens with zero attached hydrogens (tertiary/aromatic N) is 4. The zero-order valence-corrected chi connectivity index (χ0v) is 25.1. The van der Waals surface area contributed by atoms with Gasteiger partial charge in [-0.3, -0.25) is 19.3 Å². The molecule has 2 aliphatic rings. The van der Waals surface area contributed by atoms with Gasteiger partial charge in [0.1, 0.15) is 18.1 Å². The molecule has 2 aliphatic heterocycles. The quantitative estimate of drug-likeness (QED) is 0.249. The summed E-state index contributed by atoms with van der Waals surface area (Å²) in [4.78, 5) is 43.4. The van der Waals surface area contributed by atoms with E-state index in [2.05, 4.69) is 15.6 Å². The molecule has 2 atom stereocenters. The molecule has 13 heteroatoms. The van der Waals surface area contributed by atoms with Gasteiger partial charge >= 0.3 is 0 Å². The van der Waals surface area contributed by atoms with E-state index in [0.29, 0.717) is 40.5 Å². The molecule has 0 radical (unpaired) electrons. The van der Waals surface area contributed by atoms with Gasteiger partial charge < -0.3 is 29.0 Å². The molecule has 4 aromatic rings. The number of benzene rings is 3. The van der Waals surface area contributed by atoms with Gasteiger partial charge in [0.15, 0.2) is 28.8 Å². The summed E-state index contributed by atoms with van der Waals surface area (Å²) in [5.74, 6) is -0.101. The number of amides is 2. The van der Waals surface area contributed by atoms with Crippen LogP contribution in [0, 0.1) is 0 Å². The van der Waals surface area contributed by atoms with Crippen molar-refractivity contribution in [1.82, 2.24) is 20.3 Å². The number of fused-ring (bicyclic) bond motifs is 2. The van der Waals surface area contributed by atoms with Crippen molar-refractivity contribution in [2.45, 2.75) is 38.5 Å². The molecule has 0 aliphatic carbocycles. The lowest BCUT2D eigenvalue weighted by Gasteiger charge is -2.33. The molecule has 3 aromatic carbocycles. The van der Waals surface area contributed by atoms with Crippen molar-refractivity contribution >= 4 is 34.3 Å². The number of aromatic nitrogens is 3. The van der Waals surface area contributed by atoms with Crippen LogP contribution < -0.4 is 29.2 Å². The molecule has 3 heterocycles. The Labute approximate surface area is 258 Å². The molecule has 1 saturated heterocycles. The first-order valence-electron chi connectivity index (χ1n) is 14.5. The number of hydrogen-bond donors (Lipinski definition) is 1. The molecule has 6 rings (SSSR count). The molecule has 0 spiro atoms. The molecule has 234 valence electrons. The fourth-order valence-electron chi connectivity index (χ4n) is 5.71. The number of hydrogen-bond acceptors (Lipinski definition) is 10. The highest BCUT2D eigenvalue weighted by Crippen LogP contribution is 2.44. The van der Waals surface area contributed by atoms with Gasteiger partial charge in [0.05, 0.1) is 31.5 Å². The number of anilines is 1. The predicted octanol–water partition coefficient (Wildman–Crippen LogP) is 3.45. The fourth-order valence-corrected chi connectivity index (χ4v) is 5.71. The summed E-state index contributed by atoms with van der Waals surface area (Å²) in [6.07, 6.45) is 1.53. The Kier molecular flexibility index (Phi) is 8.52. The number of ketones is 1. The lowest BCUT2D eigenvalue weighted by molar-refractivity contribution is -0.127. The topological polar surface area (TPSA) is 143 Å². The van der Waals surface area contributed by atoms with Crippen LogP contribution in [0.2, 0.25) is 0 Å². The van der Waals surface area contributed by atoms with Gasteiger partial charge in [-0.15, -0.1) is 5.10 Å². The Morgan fingerprint density at radius 3 is 2.60 bits per heavy atom. The number of ether oxygens (including phenoxy) is 5. The first kappa shape index (κ1) is 29.9. The lowest BCUT2D eigenvalue weighted by Crippen LogP contribution is -2.47. The highest BCUT2D eigenvalue weighted by Gasteiger charge is 2.39. The van der Waals surface area contributed by atoms with Crippen molar-refractivity contribution < 1.29 is 38.1 Å². The number of nitrogens with one attached hydrogen (secondary N) is 1. The summed E-state index contributed by atoms with van der Waals surface area (Å²) >= 11 is 0. The van der Waals surface area contributed by atoms with Crippen LogP contribution in [0.3, 0.4) is 0 Å². The number of Topliss-reactive ketones (excluding diaryl/α,β-unsaturated/α-hetero) is 1. The molecule has 13 nitrogen and oxygen atoms in total. The van der Waals surface area contributed by atoms with Crippen LogP contribution in [0.25, 0.3) is 11.0 Å². The summed E-state index contributed by atoms with van der Waals surface area (Å²) in [7, 11) is 2.94. The van der Waals surface area contributed by atoms with Crippen LogP contribution in [0.5, 0.6) is 23.0 Å². The summed E-state index contributed by atoms with van der Waals surface area (Å²) in [6.45, 7) is 1.88. The van der Waals surface area contributed by atoms with Crippen LogP contribution in [0.1, 0.15) is 41.7 Å². The molecule has 1 fully saturated rings. The zero-order chi connectivity index (χ0) is 31.5. The first-order valence-corrected chi connectivity index (χ1v) is 14.5. The second-order valence-electron chi connectivity index (χ2n) is 10.6. The van der Waals surface area contributed by atoms with Gasteiger partial charge in [-0.1, -0.05) is 29.5 Å².